The Morgan fingerprint density at radius 3 is 2.20 bits per heavy atom. The van der Waals surface area contributed by atoms with Gasteiger partial charge in [0.25, 0.3) is 5.91 Å². The van der Waals surface area contributed by atoms with Crippen LogP contribution >= 0.6 is 0 Å². The number of ether oxygens (including phenoxy) is 2. The molecule has 1 fully saturated rings. The van der Waals surface area contributed by atoms with Crippen LogP contribution in [0.2, 0.25) is 0 Å². The number of anilines is 1. The van der Waals surface area contributed by atoms with Crippen molar-refractivity contribution in [2.45, 2.75) is 25.8 Å². The molecule has 0 saturated carbocycles. The first kappa shape index (κ1) is 30.9. The number of methoxy groups -OCH3 is 2. The predicted molar refractivity (Wildman–Crippen MR) is 157 cm³/mol. The molecule has 0 atom stereocenters. The van der Waals surface area contributed by atoms with Gasteiger partial charge in [-0.1, -0.05) is 24.3 Å². The first-order valence-corrected chi connectivity index (χ1v) is 14.1. The van der Waals surface area contributed by atoms with Crippen LogP contribution in [0.25, 0.3) is 0 Å². The zero-order valence-corrected chi connectivity index (χ0v) is 24.4. The Morgan fingerprint density at radius 2 is 1.52 bits per heavy atom. The molecule has 1 aliphatic rings. The van der Waals surface area contributed by atoms with Crippen molar-refractivity contribution in [3.8, 4) is 11.5 Å². The number of piperazine rings is 1. The predicted octanol–water partition coefficient (Wildman–Crippen LogP) is 6.62. The third-order valence-corrected chi connectivity index (χ3v) is 7.51. The summed E-state index contributed by atoms with van der Waals surface area (Å²) in [6.45, 7) is 2.74. The van der Waals surface area contributed by atoms with Crippen LogP contribution in [-0.2, 0) is 25.8 Å². The lowest BCUT2D eigenvalue weighted by Crippen LogP contribution is -2.48. The lowest BCUT2D eigenvalue weighted by molar-refractivity contribution is -0.137. The number of hydrogen-bond acceptors (Lipinski definition) is 6. The third kappa shape index (κ3) is 7.52. The summed E-state index contributed by atoms with van der Waals surface area (Å²) in [6, 6.07) is 20.6. The molecule has 0 unspecified atom stereocenters. The first-order chi connectivity index (χ1) is 21.1. The fourth-order valence-electron chi connectivity index (χ4n) is 5.30. The SMILES string of the molecule is COc1ccc(CN(Cc2cccc(F)c2)Cc2ccc(C(=O)N3CCN(c4cccc(C(F)(F)F)c4)CC3)o2)cc1OC. The van der Waals surface area contributed by atoms with Crippen LogP contribution in [0.4, 0.5) is 23.2 Å². The van der Waals surface area contributed by atoms with Crippen molar-refractivity contribution in [2.24, 2.45) is 0 Å². The maximum atomic E-state index is 14.0. The fourth-order valence-corrected chi connectivity index (χ4v) is 5.30. The highest BCUT2D eigenvalue weighted by Crippen LogP contribution is 2.32. The molecule has 2 heterocycles. The van der Waals surface area contributed by atoms with E-state index in [-0.39, 0.29) is 17.5 Å². The zero-order chi connectivity index (χ0) is 31.3. The number of rotatable bonds is 10. The molecule has 3 aromatic carbocycles. The highest BCUT2D eigenvalue weighted by Gasteiger charge is 2.31. The molecule has 44 heavy (non-hydrogen) atoms. The quantitative estimate of drug-likeness (QED) is 0.188. The number of furan rings is 1. The summed E-state index contributed by atoms with van der Waals surface area (Å²) in [5.41, 5.74) is 1.50. The van der Waals surface area contributed by atoms with Gasteiger partial charge >= 0.3 is 6.18 Å². The van der Waals surface area contributed by atoms with Crippen molar-refractivity contribution in [1.29, 1.82) is 0 Å². The monoisotopic (exact) mass is 611 g/mol. The molecule has 1 aromatic heterocycles. The minimum absolute atomic E-state index is 0.185. The van der Waals surface area contributed by atoms with E-state index in [9.17, 15) is 22.4 Å². The van der Waals surface area contributed by atoms with Gasteiger partial charge in [-0.25, -0.2) is 4.39 Å². The molecule has 1 saturated heterocycles. The highest BCUT2D eigenvalue weighted by molar-refractivity contribution is 5.91. The molecule has 0 N–H and O–H groups in total. The van der Waals surface area contributed by atoms with Crippen LogP contribution in [0, 0.1) is 5.82 Å². The van der Waals surface area contributed by atoms with Crippen molar-refractivity contribution < 1.29 is 36.2 Å². The average molecular weight is 612 g/mol. The Labute approximate surface area is 253 Å². The van der Waals surface area contributed by atoms with Gasteiger partial charge in [-0.15, -0.1) is 0 Å². The van der Waals surface area contributed by atoms with Gasteiger partial charge in [0, 0.05) is 45.0 Å². The van der Waals surface area contributed by atoms with Gasteiger partial charge in [0.05, 0.1) is 26.3 Å². The van der Waals surface area contributed by atoms with Gasteiger partial charge in [-0.2, -0.15) is 13.2 Å². The Morgan fingerprint density at radius 1 is 0.818 bits per heavy atom. The minimum atomic E-state index is -4.42. The fraction of sp³-hybridized carbons (Fsp3) is 0.303. The second kappa shape index (κ2) is 13.4. The molecular formula is C33H33F4N3O4. The summed E-state index contributed by atoms with van der Waals surface area (Å²) < 4.78 is 70.2. The van der Waals surface area contributed by atoms with Crippen LogP contribution in [0.1, 0.15) is 33.0 Å². The molecule has 11 heteroatoms. The second-order valence-corrected chi connectivity index (χ2v) is 10.6. The van der Waals surface area contributed by atoms with Crippen molar-refractivity contribution in [3.05, 3.63) is 113 Å². The summed E-state index contributed by atoms with van der Waals surface area (Å²) in [7, 11) is 3.14. The van der Waals surface area contributed by atoms with Crippen molar-refractivity contribution in [3.63, 3.8) is 0 Å². The molecule has 4 aromatic rings. The van der Waals surface area contributed by atoms with E-state index in [1.54, 1.807) is 43.4 Å². The number of halogens is 4. The topological polar surface area (TPSA) is 58.4 Å². The van der Waals surface area contributed by atoms with Crippen LogP contribution < -0.4 is 14.4 Å². The molecule has 0 radical (unpaired) electrons. The zero-order valence-electron chi connectivity index (χ0n) is 24.4. The van der Waals surface area contributed by atoms with E-state index >= 15 is 0 Å². The standard InChI is InChI=1S/C33H33F4N3O4/c1-42-29-11-9-24(18-31(29)43-2)21-38(20-23-5-3-7-26(34)17-23)22-28-10-12-30(44-28)32(41)40-15-13-39(14-16-40)27-8-4-6-25(19-27)33(35,36)37/h3-12,17-19H,13-16,20-22H2,1-2H3. The number of amides is 1. The van der Waals surface area contributed by atoms with Gasteiger partial charge in [-0.05, 0) is 65.7 Å². The third-order valence-electron chi connectivity index (χ3n) is 7.51. The number of alkyl halides is 3. The number of carbonyl (C=O) groups excluding carboxylic acids is 1. The molecule has 1 amide bonds. The van der Waals surface area contributed by atoms with E-state index in [1.165, 1.54) is 18.2 Å². The van der Waals surface area contributed by atoms with Gasteiger partial charge in [0.15, 0.2) is 17.3 Å². The normalized spacial score (nSPS) is 13.8. The van der Waals surface area contributed by atoms with Gasteiger partial charge < -0.3 is 23.7 Å². The van der Waals surface area contributed by atoms with Crippen LogP contribution in [-0.4, -0.2) is 56.1 Å². The Balaban J connectivity index is 1.25. The van der Waals surface area contributed by atoms with Crippen molar-refractivity contribution >= 4 is 11.6 Å². The average Bonchev–Trinajstić information content (AvgIpc) is 3.48. The van der Waals surface area contributed by atoms with E-state index in [2.05, 4.69) is 4.90 Å². The summed E-state index contributed by atoms with van der Waals surface area (Å²) in [6.07, 6.45) is -4.42. The smallest absolute Gasteiger partial charge is 0.416 e. The summed E-state index contributed by atoms with van der Waals surface area (Å²) in [5.74, 6) is 1.34. The summed E-state index contributed by atoms with van der Waals surface area (Å²) >= 11 is 0. The Hall–Kier alpha value is -4.51. The molecule has 5 rings (SSSR count). The number of hydrogen-bond donors (Lipinski definition) is 0. The molecule has 1 aliphatic heterocycles. The summed E-state index contributed by atoms with van der Waals surface area (Å²) in [4.78, 5) is 18.8. The number of carbonyl (C=O) groups is 1. The molecule has 7 nitrogen and oxygen atoms in total. The van der Waals surface area contributed by atoms with Gasteiger partial charge in [0.1, 0.15) is 11.6 Å². The Kier molecular flexibility index (Phi) is 9.43. The van der Waals surface area contributed by atoms with Gasteiger partial charge in [0.2, 0.25) is 0 Å². The molecule has 0 aliphatic carbocycles. The van der Waals surface area contributed by atoms with Crippen molar-refractivity contribution in [2.75, 3.05) is 45.3 Å². The van der Waals surface area contributed by atoms with Crippen LogP contribution in [0.3, 0.4) is 0 Å². The van der Waals surface area contributed by atoms with E-state index in [0.29, 0.717) is 68.8 Å². The van der Waals surface area contributed by atoms with E-state index in [1.807, 2.05) is 29.2 Å². The van der Waals surface area contributed by atoms with Gasteiger partial charge in [-0.3, -0.25) is 9.69 Å². The maximum Gasteiger partial charge on any atom is 0.416 e. The van der Waals surface area contributed by atoms with E-state index < -0.39 is 11.7 Å². The largest absolute Gasteiger partial charge is 0.493 e. The number of nitrogens with zero attached hydrogens (tertiary/aromatic N) is 3. The maximum absolute atomic E-state index is 14.0. The molecular weight excluding hydrogens is 578 g/mol. The molecule has 0 bridgehead atoms. The van der Waals surface area contributed by atoms with Crippen LogP contribution in [0.5, 0.6) is 11.5 Å². The lowest BCUT2D eigenvalue weighted by Gasteiger charge is -2.36. The molecule has 232 valence electrons. The van der Waals surface area contributed by atoms with Crippen molar-refractivity contribution in [1.82, 2.24) is 9.80 Å². The second-order valence-electron chi connectivity index (χ2n) is 10.6. The summed E-state index contributed by atoms with van der Waals surface area (Å²) in [5, 5.41) is 0. The minimum Gasteiger partial charge on any atom is -0.493 e. The van der Waals surface area contributed by atoms with E-state index in [4.69, 9.17) is 13.9 Å². The van der Waals surface area contributed by atoms with Crippen LogP contribution in [0.15, 0.2) is 83.3 Å². The first-order valence-electron chi connectivity index (χ1n) is 14.1. The lowest BCUT2D eigenvalue weighted by atomic mass is 10.1. The molecule has 0 spiro atoms. The highest BCUT2D eigenvalue weighted by atomic mass is 19.4. The Bertz CT molecular complexity index is 1580. The van der Waals surface area contributed by atoms with E-state index in [0.717, 1.165) is 23.3 Å². The number of benzene rings is 3.